The molecule has 7 nitrogen and oxygen atoms in total. The van der Waals surface area contributed by atoms with Gasteiger partial charge >= 0.3 is 5.97 Å². The van der Waals surface area contributed by atoms with Gasteiger partial charge in [-0.3, -0.25) is 14.4 Å². The van der Waals surface area contributed by atoms with E-state index in [0.29, 0.717) is 31.7 Å². The van der Waals surface area contributed by atoms with E-state index >= 15 is 0 Å². The van der Waals surface area contributed by atoms with E-state index in [-0.39, 0.29) is 11.8 Å². The van der Waals surface area contributed by atoms with Crippen LogP contribution in [0.25, 0.3) is 0 Å². The quantitative estimate of drug-likeness (QED) is 0.640. The highest BCUT2D eigenvalue weighted by Crippen LogP contribution is 2.38. The van der Waals surface area contributed by atoms with Crippen molar-refractivity contribution >= 4 is 17.8 Å². The van der Waals surface area contributed by atoms with Crippen LogP contribution in [0.2, 0.25) is 0 Å². The third-order valence-electron chi connectivity index (χ3n) is 5.23. The molecule has 0 unspecified atom stereocenters. The number of benzene rings is 1. The van der Waals surface area contributed by atoms with Crippen molar-refractivity contribution in [1.82, 2.24) is 10.2 Å². The minimum Gasteiger partial charge on any atom is -0.497 e. The number of rotatable bonds is 9. The molecule has 160 valence electrons. The molecular formula is C22H32N2O5. The summed E-state index contributed by atoms with van der Waals surface area (Å²) in [6.07, 6.45) is 1.63. The summed E-state index contributed by atoms with van der Waals surface area (Å²) < 4.78 is 10.7. The predicted octanol–water partition coefficient (Wildman–Crippen LogP) is 2.84. The van der Waals surface area contributed by atoms with Crippen LogP contribution in [-0.4, -0.2) is 49.0 Å². The number of ether oxygens (including phenoxy) is 2. The maximum Gasteiger partial charge on any atom is 0.312 e. The van der Waals surface area contributed by atoms with E-state index in [9.17, 15) is 14.4 Å². The third-order valence-corrected chi connectivity index (χ3v) is 5.23. The van der Waals surface area contributed by atoms with E-state index in [4.69, 9.17) is 9.47 Å². The molecule has 1 fully saturated rings. The van der Waals surface area contributed by atoms with Crippen LogP contribution in [0, 0.1) is 5.92 Å². The Hall–Kier alpha value is -2.57. The second-order valence-electron chi connectivity index (χ2n) is 7.28. The second kappa shape index (κ2) is 10.8. The van der Waals surface area contributed by atoms with Gasteiger partial charge in [-0.1, -0.05) is 25.5 Å². The molecule has 0 spiro atoms. The van der Waals surface area contributed by atoms with E-state index in [1.807, 2.05) is 31.2 Å². The van der Waals surface area contributed by atoms with Gasteiger partial charge in [0.05, 0.1) is 19.1 Å². The molecule has 0 saturated carbocycles. The Morgan fingerprint density at radius 3 is 2.52 bits per heavy atom. The van der Waals surface area contributed by atoms with Gasteiger partial charge in [0.15, 0.2) is 6.10 Å². The summed E-state index contributed by atoms with van der Waals surface area (Å²) in [7, 11) is 1.59. The molecule has 29 heavy (non-hydrogen) atoms. The van der Waals surface area contributed by atoms with Crippen LogP contribution >= 0.6 is 0 Å². The van der Waals surface area contributed by atoms with Gasteiger partial charge in [-0.05, 0) is 44.4 Å². The molecule has 2 amide bonds. The summed E-state index contributed by atoms with van der Waals surface area (Å²) in [6.45, 7) is 6.49. The fourth-order valence-corrected chi connectivity index (χ4v) is 3.64. The first kappa shape index (κ1) is 22.7. The number of nitrogens with one attached hydrogen (secondary N) is 1. The zero-order valence-corrected chi connectivity index (χ0v) is 17.8. The highest BCUT2D eigenvalue weighted by molar-refractivity contribution is 5.86. The average Bonchev–Trinajstić information content (AvgIpc) is 2.72. The number of piperidine rings is 1. The lowest BCUT2D eigenvalue weighted by Gasteiger charge is -2.40. The number of esters is 1. The van der Waals surface area contributed by atoms with Gasteiger partial charge in [0.25, 0.3) is 5.91 Å². The van der Waals surface area contributed by atoms with Crippen LogP contribution in [0.4, 0.5) is 0 Å². The fourth-order valence-electron chi connectivity index (χ4n) is 3.64. The average molecular weight is 405 g/mol. The maximum atomic E-state index is 13.0. The van der Waals surface area contributed by atoms with E-state index < -0.39 is 24.0 Å². The van der Waals surface area contributed by atoms with Gasteiger partial charge in [0.1, 0.15) is 5.75 Å². The molecule has 1 aliphatic heterocycles. The molecule has 1 aromatic rings. The number of carbonyl (C=O) groups excluding carboxylic acids is 3. The summed E-state index contributed by atoms with van der Waals surface area (Å²) in [5, 5.41) is 2.66. The van der Waals surface area contributed by atoms with Gasteiger partial charge in [-0.25, -0.2) is 0 Å². The first-order valence-corrected chi connectivity index (χ1v) is 10.3. The second-order valence-corrected chi connectivity index (χ2v) is 7.28. The van der Waals surface area contributed by atoms with Crippen molar-refractivity contribution in [3.63, 3.8) is 0 Å². The van der Waals surface area contributed by atoms with Crippen LogP contribution in [0.3, 0.4) is 0 Å². The normalized spacial score (nSPS) is 20.1. The van der Waals surface area contributed by atoms with Gasteiger partial charge in [-0.2, -0.15) is 0 Å². The number of nitrogens with zero attached hydrogens (tertiary/aromatic N) is 1. The zero-order chi connectivity index (χ0) is 21.4. The Bertz CT molecular complexity index is 704. The van der Waals surface area contributed by atoms with Crippen molar-refractivity contribution in [2.24, 2.45) is 5.92 Å². The molecule has 1 heterocycles. The van der Waals surface area contributed by atoms with Crippen molar-refractivity contribution < 1.29 is 23.9 Å². The van der Waals surface area contributed by atoms with Crippen molar-refractivity contribution in [2.45, 2.75) is 58.6 Å². The Labute approximate surface area is 172 Å². The number of hydrogen-bond acceptors (Lipinski definition) is 5. The van der Waals surface area contributed by atoms with E-state index in [1.165, 1.54) is 0 Å². The predicted molar refractivity (Wildman–Crippen MR) is 109 cm³/mol. The highest BCUT2D eigenvalue weighted by atomic mass is 16.5. The standard InChI is InChI=1S/C22H32N2O5/c1-5-7-14-24-19(25)13-12-18(22(27)29-15(3)21(26)23-6-2)20(24)16-8-10-17(28-4)11-9-16/h8-11,15,18,20H,5-7,12-14H2,1-4H3,(H,23,26)/t15-,18-,20-/m0/s1. The number of carbonyl (C=O) groups is 3. The number of unbranched alkanes of at least 4 members (excludes halogenated alkanes) is 1. The number of likely N-dealkylation sites (N-methyl/N-ethyl adjacent to an activating group) is 1. The molecule has 0 bridgehead atoms. The zero-order valence-electron chi connectivity index (χ0n) is 17.8. The summed E-state index contributed by atoms with van der Waals surface area (Å²) in [6, 6.07) is 7.00. The molecule has 1 N–H and O–H groups in total. The van der Waals surface area contributed by atoms with Crippen LogP contribution < -0.4 is 10.1 Å². The monoisotopic (exact) mass is 404 g/mol. The lowest BCUT2D eigenvalue weighted by molar-refractivity contribution is -0.165. The Balaban J connectivity index is 2.29. The fraction of sp³-hybridized carbons (Fsp3) is 0.591. The molecule has 0 radical (unpaired) electrons. The third kappa shape index (κ3) is 5.71. The first-order chi connectivity index (χ1) is 13.9. The Morgan fingerprint density at radius 2 is 1.93 bits per heavy atom. The van der Waals surface area contributed by atoms with Gasteiger partial charge in [0, 0.05) is 19.5 Å². The summed E-state index contributed by atoms with van der Waals surface area (Å²) in [4.78, 5) is 39.4. The van der Waals surface area contributed by atoms with Crippen molar-refractivity contribution in [1.29, 1.82) is 0 Å². The summed E-state index contributed by atoms with van der Waals surface area (Å²) in [5.74, 6) is -0.537. The Kier molecular flexibility index (Phi) is 8.49. The molecule has 1 aromatic carbocycles. The van der Waals surface area contributed by atoms with Crippen molar-refractivity contribution in [2.75, 3.05) is 20.2 Å². The smallest absolute Gasteiger partial charge is 0.312 e. The first-order valence-electron chi connectivity index (χ1n) is 10.3. The lowest BCUT2D eigenvalue weighted by atomic mass is 9.84. The van der Waals surface area contributed by atoms with Crippen LogP contribution in [0.15, 0.2) is 24.3 Å². The van der Waals surface area contributed by atoms with Gasteiger partial charge < -0.3 is 19.7 Å². The van der Waals surface area contributed by atoms with Crippen molar-refractivity contribution in [3.05, 3.63) is 29.8 Å². The number of hydrogen-bond donors (Lipinski definition) is 1. The van der Waals surface area contributed by atoms with Gasteiger partial charge in [0.2, 0.25) is 5.91 Å². The highest BCUT2D eigenvalue weighted by Gasteiger charge is 2.42. The largest absolute Gasteiger partial charge is 0.497 e. The maximum absolute atomic E-state index is 13.0. The molecule has 7 heteroatoms. The molecule has 3 atom stereocenters. The van der Waals surface area contributed by atoms with Gasteiger partial charge in [-0.15, -0.1) is 0 Å². The molecule has 1 aliphatic rings. The van der Waals surface area contributed by atoms with Crippen molar-refractivity contribution in [3.8, 4) is 5.75 Å². The summed E-state index contributed by atoms with van der Waals surface area (Å²) >= 11 is 0. The molecule has 2 rings (SSSR count). The van der Waals surface area contributed by atoms with Crippen LogP contribution in [0.5, 0.6) is 5.75 Å². The topological polar surface area (TPSA) is 84.9 Å². The van der Waals surface area contributed by atoms with E-state index in [2.05, 4.69) is 12.2 Å². The van der Waals surface area contributed by atoms with E-state index in [1.54, 1.807) is 18.9 Å². The van der Waals surface area contributed by atoms with Crippen LogP contribution in [0.1, 0.15) is 58.1 Å². The summed E-state index contributed by atoms with van der Waals surface area (Å²) in [5.41, 5.74) is 0.863. The minimum atomic E-state index is -0.874. The Morgan fingerprint density at radius 1 is 1.24 bits per heavy atom. The SMILES string of the molecule is CCCCN1C(=O)CC[C@H](C(=O)O[C@@H](C)C(=O)NCC)[C@@H]1c1ccc(OC)cc1. The number of methoxy groups -OCH3 is 1. The minimum absolute atomic E-state index is 0.0418. The van der Waals surface area contributed by atoms with E-state index in [0.717, 1.165) is 18.4 Å². The molecule has 0 aliphatic carbocycles. The number of amides is 2. The van der Waals surface area contributed by atoms with Crippen LogP contribution in [-0.2, 0) is 19.1 Å². The molecule has 0 aromatic heterocycles. The molecule has 1 saturated heterocycles. The number of likely N-dealkylation sites (tertiary alicyclic amines) is 1. The molecular weight excluding hydrogens is 372 g/mol. The lowest BCUT2D eigenvalue weighted by Crippen LogP contribution is -2.47.